The van der Waals surface area contributed by atoms with Gasteiger partial charge in [0.1, 0.15) is 5.75 Å². The van der Waals surface area contributed by atoms with E-state index in [1.165, 1.54) is 11.1 Å². The molecule has 1 aliphatic carbocycles. The van der Waals surface area contributed by atoms with E-state index >= 15 is 0 Å². The number of rotatable bonds is 3. The molecule has 3 heterocycles. The minimum absolute atomic E-state index is 0.0141. The highest BCUT2D eigenvalue weighted by molar-refractivity contribution is 6.15. The summed E-state index contributed by atoms with van der Waals surface area (Å²) in [5.74, 6) is 1.24. The van der Waals surface area contributed by atoms with Crippen LogP contribution in [0.1, 0.15) is 58.1 Å². The molecule has 0 saturated heterocycles. The van der Waals surface area contributed by atoms with Crippen LogP contribution in [0.5, 0.6) is 5.75 Å². The Labute approximate surface area is 170 Å². The van der Waals surface area contributed by atoms with Crippen LogP contribution >= 0.6 is 0 Å². The lowest BCUT2D eigenvalue weighted by atomic mass is 9.95. The van der Waals surface area contributed by atoms with E-state index in [9.17, 15) is 4.79 Å². The van der Waals surface area contributed by atoms with Crippen molar-refractivity contribution < 1.29 is 9.53 Å². The van der Waals surface area contributed by atoms with Crippen LogP contribution in [0.2, 0.25) is 0 Å². The first-order chi connectivity index (χ1) is 14.0. The summed E-state index contributed by atoms with van der Waals surface area (Å²) in [6.45, 7) is 4.74. The fourth-order valence-electron chi connectivity index (χ4n) is 4.59. The Hall–Kier alpha value is -2.89. The van der Waals surface area contributed by atoms with E-state index in [1.54, 1.807) is 11.8 Å². The van der Waals surface area contributed by atoms with E-state index in [2.05, 4.69) is 18.1 Å². The summed E-state index contributed by atoms with van der Waals surface area (Å²) >= 11 is 0. The summed E-state index contributed by atoms with van der Waals surface area (Å²) in [5.41, 5.74) is 6.69. The van der Waals surface area contributed by atoms with Gasteiger partial charge in [0.2, 0.25) is 0 Å². The minimum Gasteiger partial charge on any atom is -0.495 e. The van der Waals surface area contributed by atoms with Crippen molar-refractivity contribution in [3.8, 4) is 5.75 Å². The predicted molar refractivity (Wildman–Crippen MR) is 113 cm³/mol. The maximum Gasteiger partial charge on any atom is 0.259 e. The molecule has 0 bridgehead atoms. The second kappa shape index (κ2) is 6.58. The van der Waals surface area contributed by atoms with Crippen molar-refractivity contribution in [2.45, 2.75) is 45.4 Å². The molecule has 150 valence electrons. The number of anilines is 1. The molecule has 0 spiro atoms. The number of benzene rings is 1. The largest absolute Gasteiger partial charge is 0.495 e. The Morgan fingerprint density at radius 1 is 1.24 bits per heavy atom. The van der Waals surface area contributed by atoms with Crippen LogP contribution in [-0.4, -0.2) is 34.3 Å². The molecule has 0 N–H and O–H groups in total. The third kappa shape index (κ3) is 2.81. The second-order valence-corrected chi connectivity index (χ2v) is 8.25. The van der Waals surface area contributed by atoms with Gasteiger partial charge in [0.25, 0.3) is 5.91 Å². The van der Waals surface area contributed by atoms with E-state index in [-0.39, 0.29) is 5.91 Å². The number of fused-ring (bicyclic) bond motifs is 2. The van der Waals surface area contributed by atoms with Crippen LogP contribution in [0.3, 0.4) is 0 Å². The van der Waals surface area contributed by atoms with Crippen molar-refractivity contribution in [1.29, 1.82) is 0 Å². The molecule has 0 atom stereocenters. The quantitative estimate of drug-likeness (QED) is 0.677. The van der Waals surface area contributed by atoms with Crippen molar-refractivity contribution in [2.24, 2.45) is 7.05 Å². The Bertz CT molecular complexity index is 1140. The zero-order chi connectivity index (χ0) is 20.3. The molecule has 1 aromatic carbocycles. The number of carbonyl (C=O) groups is 1. The van der Waals surface area contributed by atoms with Gasteiger partial charge >= 0.3 is 0 Å². The monoisotopic (exact) mass is 390 g/mol. The zero-order valence-electron chi connectivity index (χ0n) is 17.5. The molecule has 2 aromatic heterocycles. The first kappa shape index (κ1) is 18.2. The zero-order valence-corrected chi connectivity index (χ0v) is 17.5. The van der Waals surface area contributed by atoms with Gasteiger partial charge in [0.15, 0.2) is 5.65 Å². The number of aryl methyl sites for hydroxylation is 3. The van der Waals surface area contributed by atoms with Crippen LogP contribution in [0.4, 0.5) is 5.69 Å². The maximum atomic E-state index is 13.9. The van der Waals surface area contributed by atoms with E-state index in [4.69, 9.17) is 9.72 Å². The predicted octanol–water partition coefficient (Wildman–Crippen LogP) is 4.06. The Balaban J connectivity index is 1.70. The average Bonchev–Trinajstić information content (AvgIpc) is 3.53. The lowest BCUT2D eigenvalue weighted by Gasteiger charge is -2.32. The molecular formula is C23H26N4O2. The molecule has 5 rings (SSSR count). The lowest BCUT2D eigenvalue weighted by molar-refractivity contribution is 0.0985. The molecule has 1 aliphatic heterocycles. The van der Waals surface area contributed by atoms with E-state index in [0.717, 1.165) is 59.5 Å². The first-order valence-electron chi connectivity index (χ1n) is 10.3. The Morgan fingerprint density at radius 3 is 2.76 bits per heavy atom. The SMILES string of the molecule is COc1ccc(C)c2c1N(C(=O)c1cc(C3CC3)nc3c1c(C)nn3C)CCC2. The highest BCUT2D eigenvalue weighted by Gasteiger charge is 2.32. The Morgan fingerprint density at radius 2 is 2.03 bits per heavy atom. The van der Waals surface area contributed by atoms with Crippen LogP contribution in [0.25, 0.3) is 11.0 Å². The van der Waals surface area contributed by atoms with Crippen molar-refractivity contribution in [3.63, 3.8) is 0 Å². The number of hydrogen-bond acceptors (Lipinski definition) is 4. The smallest absolute Gasteiger partial charge is 0.259 e. The molecule has 2 aliphatic rings. The first-order valence-corrected chi connectivity index (χ1v) is 10.3. The van der Waals surface area contributed by atoms with Gasteiger partial charge in [0.05, 0.1) is 29.4 Å². The summed E-state index contributed by atoms with van der Waals surface area (Å²) in [5, 5.41) is 5.41. The number of aromatic nitrogens is 3. The molecule has 3 aromatic rings. The van der Waals surface area contributed by atoms with Crippen molar-refractivity contribution in [3.05, 3.63) is 46.3 Å². The molecule has 0 radical (unpaired) electrons. The van der Waals surface area contributed by atoms with E-state index < -0.39 is 0 Å². The number of carbonyl (C=O) groups excluding carboxylic acids is 1. The second-order valence-electron chi connectivity index (χ2n) is 8.25. The van der Waals surface area contributed by atoms with Gasteiger partial charge < -0.3 is 9.64 Å². The van der Waals surface area contributed by atoms with Gasteiger partial charge in [-0.15, -0.1) is 0 Å². The van der Waals surface area contributed by atoms with Gasteiger partial charge in [-0.25, -0.2) is 4.98 Å². The molecule has 1 saturated carbocycles. The third-order valence-corrected chi connectivity index (χ3v) is 6.24. The summed E-state index contributed by atoms with van der Waals surface area (Å²) in [4.78, 5) is 20.7. The van der Waals surface area contributed by atoms with E-state index in [0.29, 0.717) is 18.0 Å². The van der Waals surface area contributed by atoms with Crippen molar-refractivity contribution in [2.75, 3.05) is 18.6 Å². The lowest BCUT2D eigenvalue weighted by Crippen LogP contribution is -2.36. The summed E-state index contributed by atoms with van der Waals surface area (Å²) in [6, 6.07) is 6.05. The number of ether oxygens (including phenoxy) is 1. The molecular weight excluding hydrogens is 364 g/mol. The van der Waals surface area contributed by atoms with Gasteiger partial charge in [-0.1, -0.05) is 6.07 Å². The molecule has 1 fully saturated rings. The standard InChI is InChI=1S/C23H26N4O2/c1-13-7-10-19(29-4)21-16(13)6-5-11-27(21)23(28)17-12-18(15-8-9-15)24-22-20(17)14(2)25-26(22)3/h7,10,12,15H,5-6,8-9,11H2,1-4H3. The summed E-state index contributed by atoms with van der Waals surface area (Å²) in [7, 11) is 3.57. The fraction of sp³-hybridized carbons (Fsp3) is 0.435. The number of pyridine rings is 1. The van der Waals surface area contributed by atoms with Gasteiger partial charge in [-0.05, 0) is 62.8 Å². The van der Waals surface area contributed by atoms with Crippen LogP contribution in [-0.2, 0) is 13.5 Å². The number of hydrogen-bond donors (Lipinski definition) is 0. The molecule has 1 amide bonds. The van der Waals surface area contributed by atoms with Gasteiger partial charge in [-0.2, -0.15) is 5.10 Å². The fourth-order valence-corrected chi connectivity index (χ4v) is 4.59. The van der Waals surface area contributed by atoms with Crippen LogP contribution in [0.15, 0.2) is 18.2 Å². The number of amides is 1. The normalized spacial score (nSPS) is 16.2. The highest BCUT2D eigenvalue weighted by Crippen LogP contribution is 2.42. The molecule has 0 unspecified atom stereocenters. The molecule has 6 heteroatoms. The summed E-state index contributed by atoms with van der Waals surface area (Å²) in [6.07, 6.45) is 4.20. The minimum atomic E-state index is 0.0141. The van der Waals surface area contributed by atoms with Crippen LogP contribution in [0, 0.1) is 13.8 Å². The van der Waals surface area contributed by atoms with Gasteiger partial charge in [0, 0.05) is 25.2 Å². The average molecular weight is 390 g/mol. The maximum absolute atomic E-state index is 13.9. The third-order valence-electron chi connectivity index (χ3n) is 6.24. The number of methoxy groups -OCH3 is 1. The Kier molecular flexibility index (Phi) is 4.12. The molecule has 6 nitrogen and oxygen atoms in total. The van der Waals surface area contributed by atoms with Crippen molar-refractivity contribution in [1.82, 2.24) is 14.8 Å². The topological polar surface area (TPSA) is 60.2 Å². The van der Waals surface area contributed by atoms with Crippen LogP contribution < -0.4 is 9.64 Å². The summed E-state index contributed by atoms with van der Waals surface area (Å²) < 4.78 is 7.44. The van der Waals surface area contributed by atoms with Crippen molar-refractivity contribution >= 4 is 22.6 Å². The number of nitrogens with zero attached hydrogens (tertiary/aromatic N) is 4. The highest BCUT2D eigenvalue weighted by atomic mass is 16.5. The molecule has 29 heavy (non-hydrogen) atoms. The van der Waals surface area contributed by atoms with Gasteiger partial charge in [-0.3, -0.25) is 9.48 Å². The van der Waals surface area contributed by atoms with E-state index in [1.807, 2.05) is 31.0 Å².